The summed E-state index contributed by atoms with van der Waals surface area (Å²) >= 11 is 0. The molecule has 0 bridgehead atoms. The minimum absolute atomic E-state index is 0.838. The van der Waals surface area contributed by atoms with Crippen LogP contribution in [0, 0.1) is 13.8 Å². The van der Waals surface area contributed by atoms with Crippen molar-refractivity contribution in [2.45, 2.75) is 60.3 Å². The van der Waals surface area contributed by atoms with Crippen molar-refractivity contribution in [3.8, 4) is 0 Å². The maximum Gasteiger partial charge on any atom is 0.0471 e. The van der Waals surface area contributed by atoms with Crippen molar-refractivity contribution in [3.05, 3.63) is 95.7 Å². The van der Waals surface area contributed by atoms with Gasteiger partial charge in [0.2, 0.25) is 0 Å². The zero-order valence-electron chi connectivity index (χ0n) is 21.2. The number of aliphatic imine (C=N–C) groups is 1. The summed E-state index contributed by atoms with van der Waals surface area (Å²) in [5.74, 6) is 0. The van der Waals surface area contributed by atoms with Crippen molar-refractivity contribution in [1.29, 1.82) is 0 Å². The molecule has 3 heteroatoms. The minimum Gasteiger partial charge on any atom is -0.399 e. The predicted molar refractivity (Wildman–Crippen MR) is 147 cm³/mol. The van der Waals surface area contributed by atoms with Gasteiger partial charge in [0.1, 0.15) is 0 Å². The lowest BCUT2D eigenvalue weighted by Gasteiger charge is -2.08. The number of anilines is 1. The number of benzene rings is 2. The molecule has 33 heavy (non-hydrogen) atoms. The van der Waals surface area contributed by atoms with Crippen molar-refractivity contribution in [2.24, 2.45) is 4.99 Å². The van der Waals surface area contributed by atoms with Crippen LogP contribution >= 0.6 is 0 Å². The first-order valence-electron chi connectivity index (χ1n) is 11.8. The summed E-state index contributed by atoms with van der Waals surface area (Å²) < 4.78 is 5.07. The van der Waals surface area contributed by atoms with Crippen LogP contribution in [-0.2, 0) is 4.74 Å². The lowest BCUT2D eigenvalue weighted by molar-refractivity contribution is 0.0968. The molecule has 2 heterocycles. The number of nitrogens with two attached hydrogens (primary N) is 1. The molecule has 0 spiro atoms. The molecule has 0 atom stereocenters. The van der Waals surface area contributed by atoms with Crippen LogP contribution in [0.1, 0.15) is 63.1 Å². The monoisotopic (exact) mass is 446 g/mol. The van der Waals surface area contributed by atoms with Crippen LogP contribution in [0.5, 0.6) is 0 Å². The summed E-state index contributed by atoms with van der Waals surface area (Å²) in [4.78, 5) is 4.39. The molecule has 0 unspecified atom stereocenters. The normalized spacial score (nSPS) is 14.5. The molecular weight excluding hydrogens is 404 g/mol. The van der Waals surface area contributed by atoms with Gasteiger partial charge in [0.25, 0.3) is 0 Å². The van der Waals surface area contributed by atoms with Gasteiger partial charge in [0, 0.05) is 37.2 Å². The van der Waals surface area contributed by atoms with Crippen LogP contribution in [0.2, 0.25) is 0 Å². The van der Waals surface area contributed by atoms with E-state index in [1.807, 2.05) is 70.3 Å². The summed E-state index contributed by atoms with van der Waals surface area (Å²) in [6.07, 6.45) is 10.8. The lowest BCUT2D eigenvalue weighted by atomic mass is 9.97. The first-order chi connectivity index (χ1) is 15.9. The number of hydrogen-bond acceptors (Lipinski definition) is 3. The molecule has 0 aromatic heterocycles. The van der Waals surface area contributed by atoms with Crippen LogP contribution < -0.4 is 5.73 Å². The Kier molecular flexibility index (Phi) is 14.2. The SMILES string of the molecule is C/C=C\C.C1CCOCC1.C=C(C)C1=NC=C(c2ccccc2C)C1.Cc1cccc(N)c1. The van der Waals surface area contributed by atoms with Crippen molar-refractivity contribution in [1.82, 2.24) is 0 Å². The Bertz CT molecular complexity index is 901. The molecule has 2 aliphatic rings. The second-order valence-electron chi connectivity index (χ2n) is 8.26. The van der Waals surface area contributed by atoms with Crippen LogP contribution in [0.4, 0.5) is 5.69 Å². The summed E-state index contributed by atoms with van der Waals surface area (Å²) in [5, 5.41) is 0. The third-order valence-electron chi connectivity index (χ3n) is 5.17. The Balaban J connectivity index is 0.000000253. The number of ether oxygens (including phenoxy) is 1. The number of rotatable bonds is 2. The lowest BCUT2D eigenvalue weighted by Crippen LogP contribution is -2.03. The van der Waals surface area contributed by atoms with Gasteiger partial charge in [-0.2, -0.15) is 0 Å². The number of aryl methyl sites for hydroxylation is 2. The molecule has 4 rings (SSSR count). The molecular formula is C30H42N2O. The van der Waals surface area contributed by atoms with Crippen LogP contribution in [0.25, 0.3) is 5.57 Å². The van der Waals surface area contributed by atoms with Gasteiger partial charge in [-0.3, -0.25) is 4.99 Å². The molecule has 1 saturated heterocycles. The molecule has 0 aliphatic carbocycles. The number of allylic oxidation sites excluding steroid dienone is 4. The van der Waals surface area contributed by atoms with E-state index in [2.05, 4.69) is 42.8 Å². The van der Waals surface area contributed by atoms with E-state index in [4.69, 9.17) is 10.5 Å². The fourth-order valence-corrected chi connectivity index (χ4v) is 3.14. The molecule has 2 aromatic carbocycles. The predicted octanol–water partition coefficient (Wildman–Crippen LogP) is 8.10. The highest BCUT2D eigenvalue weighted by Gasteiger charge is 2.13. The molecule has 0 amide bonds. The van der Waals surface area contributed by atoms with E-state index in [9.17, 15) is 0 Å². The fourth-order valence-electron chi connectivity index (χ4n) is 3.14. The first kappa shape index (κ1) is 28.1. The maximum absolute atomic E-state index is 5.46. The van der Waals surface area contributed by atoms with Crippen molar-refractivity contribution >= 4 is 17.0 Å². The highest BCUT2D eigenvalue weighted by atomic mass is 16.5. The van der Waals surface area contributed by atoms with Crippen molar-refractivity contribution in [2.75, 3.05) is 18.9 Å². The summed E-state index contributed by atoms with van der Waals surface area (Å²) in [5.41, 5.74) is 13.6. The van der Waals surface area contributed by atoms with Crippen LogP contribution in [-0.4, -0.2) is 18.9 Å². The molecule has 2 aliphatic heterocycles. The first-order valence-corrected chi connectivity index (χ1v) is 11.8. The van der Waals surface area contributed by atoms with E-state index in [-0.39, 0.29) is 0 Å². The smallest absolute Gasteiger partial charge is 0.0471 e. The van der Waals surface area contributed by atoms with Crippen LogP contribution in [0.3, 0.4) is 0 Å². The van der Waals surface area contributed by atoms with Gasteiger partial charge in [-0.1, -0.05) is 55.1 Å². The summed E-state index contributed by atoms with van der Waals surface area (Å²) in [6, 6.07) is 16.2. The van der Waals surface area contributed by atoms with Gasteiger partial charge in [0.15, 0.2) is 0 Å². The van der Waals surface area contributed by atoms with Gasteiger partial charge in [-0.05, 0) is 93.9 Å². The van der Waals surface area contributed by atoms with E-state index >= 15 is 0 Å². The average molecular weight is 447 g/mol. The molecule has 0 saturated carbocycles. The van der Waals surface area contributed by atoms with Gasteiger partial charge in [-0.15, -0.1) is 0 Å². The minimum atomic E-state index is 0.838. The highest BCUT2D eigenvalue weighted by Crippen LogP contribution is 2.27. The zero-order chi connectivity index (χ0) is 24.5. The fraction of sp³-hybridized carbons (Fsp3) is 0.367. The quantitative estimate of drug-likeness (QED) is 0.374. The van der Waals surface area contributed by atoms with Crippen molar-refractivity contribution < 1.29 is 4.74 Å². The van der Waals surface area contributed by atoms with Gasteiger partial charge in [-0.25, -0.2) is 0 Å². The number of nitrogen functional groups attached to an aromatic ring is 1. The Labute approximate surface area is 201 Å². The van der Waals surface area contributed by atoms with E-state index in [0.717, 1.165) is 36.6 Å². The Morgan fingerprint density at radius 1 is 0.970 bits per heavy atom. The number of hydrogen-bond donors (Lipinski definition) is 1. The molecule has 2 aromatic rings. The number of nitrogens with zero attached hydrogens (tertiary/aromatic N) is 1. The largest absolute Gasteiger partial charge is 0.399 e. The summed E-state index contributed by atoms with van der Waals surface area (Å²) in [6.45, 7) is 16.1. The zero-order valence-corrected chi connectivity index (χ0v) is 21.2. The van der Waals surface area contributed by atoms with E-state index in [0.29, 0.717) is 0 Å². The van der Waals surface area contributed by atoms with E-state index in [1.54, 1.807) is 0 Å². The van der Waals surface area contributed by atoms with E-state index in [1.165, 1.54) is 41.5 Å². The maximum atomic E-state index is 5.46. The molecule has 178 valence electrons. The molecule has 2 N–H and O–H groups in total. The molecule has 3 nitrogen and oxygen atoms in total. The second kappa shape index (κ2) is 16.7. The van der Waals surface area contributed by atoms with Gasteiger partial charge < -0.3 is 10.5 Å². The molecule has 1 fully saturated rings. The highest BCUT2D eigenvalue weighted by molar-refractivity contribution is 6.08. The third kappa shape index (κ3) is 12.1. The Morgan fingerprint density at radius 3 is 2.03 bits per heavy atom. The Hall–Kier alpha value is -2.91. The summed E-state index contributed by atoms with van der Waals surface area (Å²) in [7, 11) is 0. The Morgan fingerprint density at radius 2 is 1.64 bits per heavy atom. The standard InChI is InChI=1S/C14H15N.C7H9N.C5H10O.C4H8/c1-10(2)14-8-12(9-15-14)13-7-5-4-6-11(13)3;1-6-3-2-4-7(8)5-6;1-2-4-6-5-3-1;1-3-4-2/h4-7,9H,1,8H2,2-3H3;2-5H,8H2,1H3;1-5H2;3-4H,1-2H3/b;;;4-3-. The average Bonchev–Trinajstić information content (AvgIpc) is 3.32. The van der Waals surface area contributed by atoms with Gasteiger partial charge >= 0.3 is 0 Å². The molecule has 0 radical (unpaired) electrons. The third-order valence-corrected chi connectivity index (χ3v) is 5.17. The van der Waals surface area contributed by atoms with Crippen molar-refractivity contribution in [3.63, 3.8) is 0 Å². The van der Waals surface area contributed by atoms with Gasteiger partial charge in [0.05, 0.1) is 0 Å². The van der Waals surface area contributed by atoms with E-state index < -0.39 is 0 Å². The topological polar surface area (TPSA) is 47.6 Å². The second-order valence-corrected chi connectivity index (χ2v) is 8.26. The van der Waals surface area contributed by atoms with Crippen LogP contribution in [0.15, 0.2) is 84.0 Å².